The molecule has 0 spiro atoms. The first-order chi connectivity index (χ1) is 4.79. The summed E-state index contributed by atoms with van der Waals surface area (Å²) < 4.78 is 4.71. The Balaban J connectivity index is 3.71. The second kappa shape index (κ2) is 2.56. The van der Waals surface area contributed by atoms with Crippen molar-refractivity contribution in [2.24, 2.45) is 0 Å². The maximum absolute atomic E-state index is 10.2. The van der Waals surface area contributed by atoms with Gasteiger partial charge in [-0.05, 0) is 0 Å². The van der Waals surface area contributed by atoms with Gasteiger partial charge in [0.2, 0.25) is 0 Å². The summed E-state index contributed by atoms with van der Waals surface area (Å²) in [5.74, 6) is 0. The van der Waals surface area contributed by atoms with Crippen LogP contribution in [0, 0.1) is 0 Å². The van der Waals surface area contributed by atoms with Crippen molar-refractivity contribution in [2.45, 2.75) is 17.3 Å². The Morgan fingerprint density at radius 2 is 1.40 bits per heavy atom. The van der Waals surface area contributed by atoms with Crippen LogP contribution in [-0.2, 0) is 28.3 Å². The van der Waals surface area contributed by atoms with Crippen LogP contribution >= 0.6 is 0 Å². The molecule has 0 aromatic carbocycles. The fraction of sp³-hybridized carbons (Fsp3) is 0.500. The van der Waals surface area contributed by atoms with Crippen LogP contribution < -0.4 is 0 Å². The molecule has 0 saturated heterocycles. The molecule has 0 radical (unpaired) electrons. The van der Waals surface area contributed by atoms with E-state index in [-0.39, 0.29) is 4.43 Å². The molecule has 4 heteroatoms. The van der Waals surface area contributed by atoms with Crippen molar-refractivity contribution in [3.63, 3.8) is 0 Å². The fourth-order valence-corrected chi connectivity index (χ4v) is 4.52. The molecule has 10 heavy (non-hydrogen) atoms. The van der Waals surface area contributed by atoms with Gasteiger partial charge in [0.1, 0.15) is 0 Å². The minimum atomic E-state index is -3.60. The third-order valence-electron chi connectivity index (χ3n) is 1.21. The van der Waals surface area contributed by atoms with E-state index in [0.717, 1.165) is 12.8 Å². The van der Waals surface area contributed by atoms with Crippen LogP contribution in [0.25, 0.3) is 0 Å². The van der Waals surface area contributed by atoms with E-state index >= 15 is 0 Å². The molecule has 0 aromatic rings. The van der Waals surface area contributed by atoms with Crippen LogP contribution in [0.5, 0.6) is 0 Å². The first kappa shape index (κ1) is 7.50. The second-order valence-corrected chi connectivity index (χ2v) is 9.17. The molecule has 1 rings (SSSR count). The Labute approximate surface area is 59.2 Å². The summed E-state index contributed by atoms with van der Waals surface area (Å²) in [4.78, 5) is 30.6. The van der Waals surface area contributed by atoms with E-state index < -0.39 is 13.9 Å². The molecule has 1 saturated carbocycles. The monoisotopic (exact) mass is 318 g/mol. The molecule has 0 N–H and O–H groups in total. The van der Waals surface area contributed by atoms with E-state index in [9.17, 15) is 14.4 Å². The molecule has 0 aromatic heterocycles. The molecule has 0 aliphatic heterocycles. The average Bonchev–Trinajstić information content (AvgIpc) is 2.77. The van der Waals surface area contributed by atoms with Crippen LogP contribution in [0.1, 0.15) is 12.8 Å². The summed E-state index contributed by atoms with van der Waals surface area (Å²) in [5, 5.41) is 0. The van der Waals surface area contributed by atoms with E-state index in [2.05, 4.69) is 0 Å². The van der Waals surface area contributed by atoms with Crippen molar-refractivity contribution in [3.8, 4) is 0 Å². The van der Waals surface area contributed by atoms with Gasteiger partial charge in [0, 0.05) is 0 Å². The zero-order valence-corrected chi connectivity index (χ0v) is 7.44. The van der Waals surface area contributed by atoms with Gasteiger partial charge in [-0.2, -0.15) is 0 Å². The van der Waals surface area contributed by atoms with Crippen LogP contribution in [0.3, 0.4) is 0 Å². The molecule has 1 fully saturated rings. The van der Waals surface area contributed by atoms with E-state index in [4.69, 9.17) is 0 Å². The predicted octanol–water partition coefficient (Wildman–Crippen LogP) is -0.0758. The zero-order chi connectivity index (χ0) is 7.61. The molecule has 0 bridgehead atoms. The minimum absolute atomic E-state index is 0.00694. The third kappa shape index (κ3) is 0.998. The molecule has 3 nitrogen and oxygen atoms in total. The normalized spacial score (nSPS) is 18.4. The third-order valence-corrected chi connectivity index (χ3v) is 7.84. The molecule has 1 aliphatic rings. The Morgan fingerprint density at radius 3 is 1.50 bits per heavy atom. The van der Waals surface area contributed by atoms with Gasteiger partial charge in [0.15, 0.2) is 0 Å². The predicted molar refractivity (Wildman–Crippen MR) is 30.1 cm³/mol. The average molecular weight is 317 g/mol. The molecule has 0 atom stereocenters. The van der Waals surface area contributed by atoms with Gasteiger partial charge < -0.3 is 0 Å². The van der Waals surface area contributed by atoms with Crippen LogP contribution in [0.15, 0.2) is 0 Å². The molecule has 0 amide bonds. The van der Waals surface area contributed by atoms with Crippen molar-refractivity contribution < 1.29 is 28.3 Å². The van der Waals surface area contributed by atoms with Crippen molar-refractivity contribution >= 4 is 13.2 Å². The summed E-state index contributed by atoms with van der Waals surface area (Å²) >= 11 is -3.60. The Bertz CT molecular complexity index is 337. The zero-order valence-electron chi connectivity index (χ0n) is 5.05. The molecular formula is C6H5IrO3. The molecule has 0 heterocycles. The summed E-state index contributed by atoms with van der Waals surface area (Å²) in [6.45, 7) is 0. The van der Waals surface area contributed by atoms with E-state index in [1.807, 2.05) is 0 Å². The van der Waals surface area contributed by atoms with E-state index in [0.29, 0.717) is 0 Å². The van der Waals surface area contributed by atoms with E-state index in [1.165, 1.54) is 0 Å². The molecular weight excluding hydrogens is 312 g/mol. The molecule has 0 unspecified atom stereocenters. The SMILES string of the molecule is O=[C]=[Ir](=[C]=O)(=[C]=O)[CH]1CC1. The first-order valence-electron chi connectivity index (χ1n) is 2.62. The van der Waals surface area contributed by atoms with Gasteiger partial charge >= 0.3 is 58.8 Å². The number of hydrogen-bond donors (Lipinski definition) is 0. The van der Waals surface area contributed by atoms with Crippen molar-refractivity contribution in [3.05, 3.63) is 0 Å². The Kier molecular flexibility index (Phi) is 1.92. The van der Waals surface area contributed by atoms with Gasteiger partial charge in [0.05, 0.1) is 0 Å². The Hall–Kier alpha value is -0.611. The Morgan fingerprint density at radius 1 is 1.00 bits per heavy atom. The first-order valence-corrected chi connectivity index (χ1v) is 7.60. The molecule has 56 valence electrons. The van der Waals surface area contributed by atoms with Crippen LogP contribution in [0.2, 0.25) is 4.43 Å². The second-order valence-electron chi connectivity index (χ2n) is 1.88. The fourth-order valence-electron chi connectivity index (χ4n) is 0.553. The van der Waals surface area contributed by atoms with Crippen molar-refractivity contribution in [1.82, 2.24) is 0 Å². The van der Waals surface area contributed by atoms with Gasteiger partial charge in [-0.25, -0.2) is 0 Å². The summed E-state index contributed by atoms with van der Waals surface area (Å²) in [6, 6.07) is 0. The topological polar surface area (TPSA) is 51.2 Å². The van der Waals surface area contributed by atoms with Crippen molar-refractivity contribution in [1.29, 1.82) is 0 Å². The van der Waals surface area contributed by atoms with Crippen LogP contribution in [-0.4, -0.2) is 13.2 Å². The summed E-state index contributed by atoms with van der Waals surface area (Å²) in [7, 11) is 0. The standard InChI is InChI=1S/C3H5.3CO.Ir/c1-2-3-1;3*1-2;/h1H,2-3H2;;;;. The van der Waals surface area contributed by atoms with Gasteiger partial charge in [-0.1, -0.05) is 0 Å². The quantitative estimate of drug-likeness (QED) is 0.680. The van der Waals surface area contributed by atoms with Crippen molar-refractivity contribution in [2.75, 3.05) is 0 Å². The summed E-state index contributed by atoms with van der Waals surface area (Å²) in [6.07, 6.45) is 1.61. The molecule has 1 aliphatic carbocycles. The van der Waals surface area contributed by atoms with Crippen LogP contribution in [0.4, 0.5) is 0 Å². The van der Waals surface area contributed by atoms with E-state index in [1.54, 1.807) is 13.2 Å². The van der Waals surface area contributed by atoms with Gasteiger partial charge in [0.25, 0.3) is 0 Å². The van der Waals surface area contributed by atoms with Gasteiger partial charge in [-0.3, -0.25) is 0 Å². The van der Waals surface area contributed by atoms with Gasteiger partial charge in [-0.15, -0.1) is 0 Å². The number of rotatable bonds is 1. The summed E-state index contributed by atoms with van der Waals surface area (Å²) in [5.41, 5.74) is 0. The number of carbonyl (C=O) groups excluding carboxylic acids is 3. The maximum atomic E-state index is 10.2. The number of hydrogen-bond acceptors (Lipinski definition) is 3.